The Hall–Kier alpha value is -4.07. The minimum absolute atomic E-state index is 0.0293. The third-order valence-electron chi connectivity index (χ3n) is 6.48. The van der Waals surface area contributed by atoms with Crippen LogP contribution in [0.4, 0.5) is 5.69 Å². The Balaban J connectivity index is 1.28. The topological polar surface area (TPSA) is 94.8 Å². The van der Waals surface area contributed by atoms with Gasteiger partial charge in [-0.25, -0.2) is 0 Å². The molecule has 8 nitrogen and oxygen atoms in total. The fourth-order valence-corrected chi connectivity index (χ4v) is 4.45. The number of aryl methyl sites for hydroxylation is 2. The van der Waals surface area contributed by atoms with Crippen molar-refractivity contribution in [2.75, 3.05) is 5.32 Å². The monoisotopic (exact) mass is 482 g/mol. The first-order chi connectivity index (χ1) is 17.2. The zero-order valence-corrected chi connectivity index (χ0v) is 21.0. The van der Waals surface area contributed by atoms with Crippen LogP contribution in [0.25, 0.3) is 11.5 Å². The highest BCUT2D eigenvalue weighted by atomic mass is 16.5. The average Bonchev–Trinajstić information content (AvgIpc) is 3.30. The summed E-state index contributed by atoms with van der Waals surface area (Å²) in [4.78, 5) is 18.8. The highest BCUT2D eigenvalue weighted by Gasteiger charge is 2.25. The second kappa shape index (κ2) is 9.53. The Morgan fingerprint density at radius 3 is 2.67 bits per heavy atom. The van der Waals surface area contributed by atoms with Crippen LogP contribution >= 0.6 is 0 Å². The maximum Gasteiger partial charge on any atom is 0.227 e. The van der Waals surface area contributed by atoms with Crippen LogP contribution in [0.1, 0.15) is 43.9 Å². The van der Waals surface area contributed by atoms with Crippen LogP contribution in [0.15, 0.2) is 60.8 Å². The number of pyridine rings is 1. The second-order valence-corrected chi connectivity index (χ2v) is 10.3. The molecular weight excluding hydrogens is 452 g/mol. The van der Waals surface area contributed by atoms with Crippen molar-refractivity contribution in [2.24, 2.45) is 13.0 Å². The molecule has 0 saturated heterocycles. The lowest BCUT2D eigenvalue weighted by Gasteiger charge is -2.25. The average molecular weight is 483 g/mol. The van der Waals surface area contributed by atoms with E-state index in [1.165, 1.54) is 15.9 Å². The van der Waals surface area contributed by atoms with Gasteiger partial charge in [-0.3, -0.25) is 9.78 Å². The van der Waals surface area contributed by atoms with Crippen LogP contribution in [-0.4, -0.2) is 31.1 Å². The molecule has 36 heavy (non-hydrogen) atoms. The molecule has 0 fully saturated rings. The number of hydrogen-bond acceptors (Lipinski definition) is 6. The number of aromatic nitrogens is 5. The zero-order valence-electron chi connectivity index (χ0n) is 21.0. The van der Waals surface area contributed by atoms with E-state index in [1.807, 2.05) is 24.3 Å². The molecule has 1 N–H and O–H groups in total. The van der Waals surface area contributed by atoms with E-state index in [9.17, 15) is 4.79 Å². The number of carbonyl (C=O) groups is 1. The van der Waals surface area contributed by atoms with E-state index in [2.05, 4.69) is 64.7 Å². The van der Waals surface area contributed by atoms with Crippen LogP contribution in [0.2, 0.25) is 0 Å². The van der Waals surface area contributed by atoms with Gasteiger partial charge in [0.25, 0.3) is 0 Å². The number of rotatable bonds is 5. The van der Waals surface area contributed by atoms with Crippen molar-refractivity contribution in [3.05, 3.63) is 77.5 Å². The molecule has 2 aromatic heterocycles. The molecule has 0 saturated carbocycles. The SMILES string of the molecule is Cn1nnc(-c2cc(Oc3ccc4c(c3)CC(C(=O)Nc3cccc(C(C)(C)C)c3)CC4)ccn2)n1. The van der Waals surface area contributed by atoms with Crippen LogP contribution < -0.4 is 10.1 Å². The third kappa shape index (κ3) is 5.27. The second-order valence-electron chi connectivity index (χ2n) is 10.3. The maximum atomic E-state index is 13.1. The summed E-state index contributed by atoms with van der Waals surface area (Å²) in [5, 5.41) is 15.2. The maximum absolute atomic E-state index is 13.1. The van der Waals surface area contributed by atoms with E-state index in [1.54, 1.807) is 25.4 Å². The molecular formula is C28H30N6O2. The lowest BCUT2D eigenvalue weighted by Crippen LogP contribution is -2.28. The fraction of sp³-hybridized carbons (Fsp3) is 0.321. The van der Waals surface area contributed by atoms with Gasteiger partial charge in [-0.15, -0.1) is 10.2 Å². The Kier molecular flexibility index (Phi) is 6.26. The molecule has 4 aromatic rings. The predicted octanol–water partition coefficient (Wildman–Crippen LogP) is 5.11. The Labute approximate surface area is 210 Å². The number of hydrogen-bond donors (Lipinski definition) is 1. The summed E-state index contributed by atoms with van der Waals surface area (Å²) in [6.07, 6.45) is 4.04. The molecule has 1 aliphatic carbocycles. The summed E-state index contributed by atoms with van der Waals surface area (Å²) in [5.74, 6) is 1.78. The largest absolute Gasteiger partial charge is 0.457 e. The highest BCUT2D eigenvalue weighted by Crippen LogP contribution is 2.32. The number of tetrazole rings is 1. The lowest BCUT2D eigenvalue weighted by molar-refractivity contribution is -0.120. The van der Waals surface area contributed by atoms with Crippen molar-refractivity contribution in [3.63, 3.8) is 0 Å². The summed E-state index contributed by atoms with van der Waals surface area (Å²) in [6, 6.07) is 17.8. The van der Waals surface area contributed by atoms with E-state index < -0.39 is 0 Å². The molecule has 2 aromatic carbocycles. The van der Waals surface area contributed by atoms with Gasteiger partial charge in [0.05, 0.1) is 7.05 Å². The van der Waals surface area contributed by atoms with E-state index in [-0.39, 0.29) is 17.2 Å². The molecule has 1 amide bonds. The highest BCUT2D eigenvalue weighted by molar-refractivity contribution is 5.93. The van der Waals surface area contributed by atoms with E-state index in [0.29, 0.717) is 23.7 Å². The van der Waals surface area contributed by atoms with Gasteiger partial charge in [0.1, 0.15) is 17.2 Å². The summed E-state index contributed by atoms with van der Waals surface area (Å²) in [6.45, 7) is 6.52. The number of amides is 1. The molecule has 0 bridgehead atoms. The number of anilines is 1. The van der Waals surface area contributed by atoms with Gasteiger partial charge in [-0.05, 0) is 76.9 Å². The van der Waals surface area contributed by atoms with Crippen molar-refractivity contribution in [2.45, 2.75) is 45.4 Å². The fourth-order valence-electron chi connectivity index (χ4n) is 4.45. The first-order valence-corrected chi connectivity index (χ1v) is 12.2. The van der Waals surface area contributed by atoms with Gasteiger partial charge < -0.3 is 10.1 Å². The van der Waals surface area contributed by atoms with Crippen LogP contribution in [0.5, 0.6) is 11.5 Å². The van der Waals surface area contributed by atoms with Gasteiger partial charge in [0.15, 0.2) is 0 Å². The molecule has 2 heterocycles. The number of carbonyl (C=O) groups excluding carboxylic acids is 1. The summed E-state index contributed by atoms with van der Waals surface area (Å²) in [5.41, 5.74) is 5.08. The van der Waals surface area contributed by atoms with Crippen LogP contribution in [-0.2, 0) is 30.1 Å². The number of benzene rings is 2. The molecule has 184 valence electrons. The normalized spacial score (nSPS) is 15.3. The van der Waals surface area contributed by atoms with Crippen LogP contribution in [0.3, 0.4) is 0 Å². The Bertz CT molecular complexity index is 1410. The molecule has 0 radical (unpaired) electrons. The molecule has 1 aliphatic rings. The van der Waals surface area contributed by atoms with Crippen molar-refractivity contribution in [3.8, 4) is 23.0 Å². The van der Waals surface area contributed by atoms with Gasteiger partial charge in [-0.1, -0.05) is 39.0 Å². The quantitative estimate of drug-likeness (QED) is 0.425. The summed E-state index contributed by atoms with van der Waals surface area (Å²) < 4.78 is 6.13. The molecule has 0 aliphatic heterocycles. The number of nitrogens with one attached hydrogen (secondary N) is 1. The molecule has 5 rings (SSSR count). The van der Waals surface area contributed by atoms with Gasteiger partial charge in [-0.2, -0.15) is 4.80 Å². The first-order valence-electron chi connectivity index (χ1n) is 12.2. The van der Waals surface area contributed by atoms with Gasteiger partial charge in [0, 0.05) is 23.9 Å². The lowest BCUT2D eigenvalue weighted by atomic mass is 9.83. The molecule has 1 atom stereocenters. The number of nitrogens with zero attached hydrogens (tertiary/aromatic N) is 5. The minimum Gasteiger partial charge on any atom is -0.457 e. The summed E-state index contributed by atoms with van der Waals surface area (Å²) in [7, 11) is 1.71. The van der Waals surface area contributed by atoms with E-state index in [0.717, 1.165) is 29.8 Å². The zero-order chi connectivity index (χ0) is 25.3. The predicted molar refractivity (Wildman–Crippen MR) is 138 cm³/mol. The Morgan fingerprint density at radius 1 is 1.06 bits per heavy atom. The number of ether oxygens (including phenoxy) is 1. The van der Waals surface area contributed by atoms with Gasteiger partial charge >= 0.3 is 0 Å². The van der Waals surface area contributed by atoms with Crippen molar-refractivity contribution < 1.29 is 9.53 Å². The molecule has 8 heteroatoms. The first kappa shape index (κ1) is 23.7. The van der Waals surface area contributed by atoms with Crippen LogP contribution in [0, 0.1) is 5.92 Å². The number of fused-ring (bicyclic) bond motifs is 1. The van der Waals surface area contributed by atoms with E-state index >= 15 is 0 Å². The smallest absolute Gasteiger partial charge is 0.227 e. The summed E-state index contributed by atoms with van der Waals surface area (Å²) >= 11 is 0. The molecule has 0 spiro atoms. The van der Waals surface area contributed by atoms with Gasteiger partial charge in [0.2, 0.25) is 11.7 Å². The standard InChI is InChI=1S/C28H30N6O2/c1-28(2,3)21-6-5-7-22(16-21)30-27(35)19-9-8-18-10-11-23(15-20(18)14-19)36-24-12-13-29-25(17-24)26-31-33-34(4)32-26/h5-7,10-13,15-17,19H,8-9,14H2,1-4H3,(H,30,35). The Morgan fingerprint density at radius 2 is 1.89 bits per heavy atom. The minimum atomic E-state index is -0.0821. The third-order valence-corrected chi connectivity index (χ3v) is 6.48. The van der Waals surface area contributed by atoms with E-state index in [4.69, 9.17) is 4.74 Å². The van der Waals surface area contributed by atoms with Crippen molar-refractivity contribution in [1.82, 2.24) is 25.2 Å². The van der Waals surface area contributed by atoms with Crippen molar-refractivity contribution in [1.29, 1.82) is 0 Å². The van der Waals surface area contributed by atoms with Crippen molar-refractivity contribution >= 4 is 11.6 Å². The molecule has 1 unspecified atom stereocenters.